The molecule has 0 unspecified atom stereocenters. The monoisotopic (exact) mass is 988 g/mol. The number of carbonyl (C=O) groups excluding carboxylic acids is 2. The second kappa shape index (κ2) is 25.7. The van der Waals surface area contributed by atoms with Gasteiger partial charge >= 0.3 is 77.2 Å². The van der Waals surface area contributed by atoms with Crippen molar-refractivity contribution in [1.82, 2.24) is 10.4 Å². The second-order valence-electron chi connectivity index (χ2n) is 14.9. The molecule has 0 aliphatic carbocycles. The average molecular weight is 989 g/mol. The Kier molecular flexibility index (Phi) is 25.1. The maximum absolute atomic E-state index is 14.2. The van der Waals surface area contributed by atoms with Gasteiger partial charge in [0.1, 0.15) is 24.4 Å². The van der Waals surface area contributed by atoms with Crippen molar-refractivity contribution in [2.75, 3.05) is 26.3 Å². The van der Waals surface area contributed by atoms with Gasteiger partial charge in [-0.3, -0.25) is 9.80 Å². The van der Waals surface area contributed by atoms with Crippen LogP contribution in [0.25, 0.3) is 0 Å². The summed E-state index contributed by atoms with van der Waals surface area (Å²) in [6.45, 7) is -1.47. The standard InChI is InChI=1S/C35H51F17N2O9.Na/c36-28(37,29(38,39)30(40,41)31(42,43)32(44,45)33(46,47)34(48,49)35(50,51)52)16-12-8-5-9-13-17-53-54(18-19-62-27-26(61)25(60)24(59)21(20-55)63-27)22(56)14-10-6-3-1-2-4-7-11-15-23(57)58;/h21,24-27,53,55,59-61H,1-20H2,(H,57,58);/q;+1/p-1/t21-,24+,25+,26-,27-;/m1./s1. The third-order valence-electron chi connectivity index (χ3n) is 10.0. The number of nitrogens with one attached hydrogen (secondary N) is 1. The van der Waals surface area contributed by atoms with E-state index in [2.05, 4.69) is 5.43 Å². The quantitative estimate of drug-likeness (QED) is 0.0301. The van der Waals surface area contributed by atoms with E-state index < -0.39 is 116 Å². The van der Waals surface area contributed by atoms with Gasteiger partial charge in [-0.25, -0.2) is 5.43 Å². The number of carbonyl (C=O) groups is 2. The van der Waals surface area contributed by atoms with Crippen LogP contribution in [0.2, 0.25) is 0 Å². The van der Waals surface area contributed by atoms with Crippen molar-refractivity contribution in [3.63, 3.8) is 0 Å². The smallest absolute Gasteiger partial charge is 0.550 e. The number of carboxylic acids is 1. The van der Waals surface area contributed by atoms with E-state index in [1.807, 2.05) is 0 Å². The normalized spacial score (nSPS) is 20.9. The molecule has 1 rings (SSSR count). The van der Waals surface area contributed by atoms with E-state index in [9.17, 15) is 110 Å². The number of hydrazine groups is 1. The van der Waals surface area contributed by atoms with Crippen LogP contribution < -0.4 is 40.1 Å². The van der Waals surface area contributed by atoms with Crippen LogP contribution in [0.1, 0.15) is 103 Å². The number of ether oxygens (including phenoxy) is 2. The number of aliphatic carboxylic acids is 1. The number of halogens is 17. The molecule has 0 radical (unpaired) electrons. The van der Waals surface area contributed by atoms with Gasteiger partial charge < -0.3 is 39.8 Å². The topological polar surface area (TPSA) is 172 Å². The predicted octanol–water partition coefficient (Wildman–Crippen LogP) is 3.14. The first-order valence-electron chi connectivity index (χ1n) is 19.6. The van der Waals surface area contributed by atoms with Crippen LogP contribution in [0.3, 0.4) is 0 Å². The molecule has 0 aromatic heterocycles. The summed E-state index contributed by atoms with van der Waals surface area (Å²) in [7, 11) is 0. The third-order valence-corrected chi connectivity index (χ3v) is 10.0. The zero-order valence-electron chi connectivity index (χ0n) is 34.2. The molecular formula is C35H50F17N2NaO9. The molecule has 374 valence electrons. The predicted molar refractivity (Wildman–Crippen MR) is 179 cm³/mol. The summed E-state index contributed by atoms with van der Waals surface area (Å²) in [5.41, 5.74) is 2.73. The van der Waals surface area contributed by atoms with Gasteiger partial charge in [0.25, 0.3) is 0 Å². The molecule has 64 heavy (non-hydrogen) atoms. The summed E-state index contributed by atoms with van der Waals surface area (Å²) in [6, 6.07) is 0. The Bertz CT molecular complexity index is 1400. The Morgan fingerprint density at radius 3 is 1.47 bits per heavy atom. The number of alkyl halides is 17. The Morgan fingerprint density at radius 1 is 0.578 bits per heavy atom. The molecule has 0 spiro atoms. The molecule has 1 saturated heterocycles. The van der Waals surface area contributed by atoms with Gasteiger partial charge in [0.15, 0.2) is 6.29 Å². The third kappa shape index (κ3) is 15.2. The van der Waals surface area contributed by atoms with Crippen molar-refractivity contribution in [2.24, 2.45) is 0 Å². The summed E-state index contributed by atoms with van der Waals surface area (Å²) in [4.78, 5) is 23.5. The molecule has 1 aliphatic rings. The van der Waals surface area contributed by atoms with Crippen LogP contribution in [0.15, 0.2) is 0 Å². The number of carboxylic acid groups (broad SMARTS) is 1. The largest absolute Gasteiger partial charge is 1.00 e. The molecular weight excluding hydrogens is 938 g/mol. The van der Waals surface area contributed by atoms with Crippen molar-refractivity contribution in [3.8, 4) is 0 Å². The van der Waals surface area contributed by atoms with Crippen LogP contribution in [0.4, 0.5) is 74.6 Å². The summed E-state index contributed by atoms with van der Waals surface area (Å²) < 4.78 is 240. The van der Waals surface area contributed by atoms with E-state index in [0.29, 0.717) is 25.7 Å². The second-order valence-corrected chi connectivity index (χ2v) is 14.9. The summed E-state index contributed by atoms with van der Waals surface area (Å²) >= 11 is 0. The van der Waals surface area contributed by atoms with Gasteiger partial charge in [-0.15, -0.1) is 0 Å². The minimum absolute atomic E-state index is 0. The number of hydrogen-bond acceptors (Lipinski definition) is 10. The van der Waals surface area contributed by atoms with Crippen molar-refractivity contribution in [2.45, 2.75) is 181 Å². The van der Waals surface area contributed by atoms with E-state index in [0.717, 1.165) is 30.7 Å². The van der Waals surface area contributed by atoms with Crippen LogP contribution in [-0.4, -0.2) is 142 Å². The molecule has 1 fully saturated rings. The zero-order chi connectivity index (χ0) is 48.9. The van der Waals surface area contributed by atoms with Gasteiger partial charge in [-0.2, -0.15) is 74.6 Å². The molecule has 1 amide bonds. The Morgan fingerprint density at radius 2 is 1.00 bits per heavy atom. The molecule has 5 atom stereocenters. The molecule has 1 aliphatic heterocycles. The Hall–Kier alpha value is -1.53. The molecule has 1 heterocycles. The number of rotatable bonds is 31. The molecule has 0 aromatic rings. The SMILES string of the molecule is O=C([O-])CCCCCCCCCCC(=O)N(CCO[C@@H]1O[C@H](CO)[C@H](O)[C@H](O)[C@H]1O)NCCCCCCCC(F)(F)C(F)(F)C(F)(F)C(F)(F)C(F)(F)C(F)(F)C(F)(F)C(F)(F)F.[Na+]. The maximum atomic E-state index is 14.2. The minimum atomic E-state index is -8.68. The minimum Gasteiger partial charge on any atom is -0.550 e. The first-order chi connectivity index (χ1) is 28.7. The molecule has 0 bridgehead atoms. The van der Waals surface area contributed by atoms with Crippen molar-refractivity contribution >= 4 is 11.9 Å². The van der Waals surface area contributed by atoms with Crippen LogP contribution >= 0.6 is 0 Å². The summed E-state index contributed by atoms with van der Waals surface area (Å²) in [6.07, 6.45) is -15.1. The van der Waals surface area contributed by atoms with Crippen molar-refractivity contribution < 1.29 is 149 Å². The van der Waals surface area contributed by atoms with Crippen molar-refractivity contribution in [3.05, 3.63) is 0 Å². The van der Waals surface area contributed by atoms with Gasteiger partial charge in [-0.05, 0) is 32.1 Å². The Labute approximate surface area is 377 Å². The number of aliphatic hydroxyl groups excluding tert-OH is 4. The zero-order valence-corrected chi connectivity index (χ0v) is 36.2. The fraction of sp³-hybridized carbons (Fsp3) is 0.943. The first-order valence-corrected chi connectivity index (χ1v) is 19.6. The molecule has 0 saturated carbocycles. The van der Waals surface area contributed by atoms with Gasteiger partial charge in [-0.1, -0.05) is 57.8 Å². The van der Waals surface area contributed by atoms with E-state index >= 15 is 0 Å². The fourth-order valence-electron chi connectivity index (χ4n) is 6.07. The van der Waals surface area contributed by atoms with E-state index in [4.69, 9.17) is 9.47 Å². The molecule has 29 heteroatoms. The molecule has 0 aromatic carbocycles. The van der Waals surface area contributed by atoms with Gasteiger partial charge in [0.2, 0.25) is 5.91 Å². The summed E-state index contributed by atoms with van der Waals surface area (Å²) in [5, 5.41) is 50.9. The van der Waals surface area contributed by atoms with Crippen LogP contribution in [0.5, 0.6) is 0 Å². The van der Waals surface area contributed by atoms with E-state index in [1.54, 1.807) is 0 Å². The molecule has 11 nitrogen and oxygen atoms in total. The number of amides is 1. The first kappa shape index (κ1) is 62.5. The summed E-state index contributed by atoms with van der Waals surface area (Å²) in [5.74, 6) is -58.2. The fourth-order valence-corrected chi connectivity index (χ4v) is 6.07. The van der Waals surface area contributed by atoms with Crippen LogP contribution in [0, 0.1) is 0 Å². The number of nitrogens with zero attached hydrogens (tertiary/aromatic N) is 1. The maximum Gasteiger partial charge on any atom is 1.00 e. The van der Waals surface area contributed by atoms with Crippen LogP contribution in [-0.2, 0) is 19.1 Å². The Balaban J connectivity index is 0.0000397. The van der Waals surface area contributed by atoms with Crippen molar-refractivity contribution in [1.29, 1.82) is 0 Å². The molecule has 5 N–H and O–H groups in total. The number of unbranched alkanes of at least 4 members (excludes halogenated alkanes) is 11. The van der Waals surface area contributed by atoms with Gasteiger partial charge in [0, 0.05) is 25.4 Å². The van der Waals surface area contributed by atoms with E-state index in [-0.39, 0.29) is 81.4 Å². The van der Waals surface area contributed by atoms with E-state index in [1.165, 1.54) is 0 Å². The average Bonchev–Trinajstić information content (AvgIpc) is 3.17. The number of aliphatic hydroxyl groups is 4. The van der Waals surface area contributed by atoms with Gasteiger partial charge in [0.05, 0.1) is 19.8 Å². The number of hydrogen-bond donors (Lipinski definition) is 5.